The van der Waals surface area contributed by atoms with Gasteiger partial charge in [0.2, 0.25) is 0 Å². The third-order valence-corrected chi connectivity index (χ3v) is 5.53. The molecule has 13 heavy (non-hydrogen) atoms. The Morgan fingerprint density at radius 2 is 2.31 bits per heavy atom. The predicted molar refractivity (Wildman–Crippen MR) is 58.6 cm³/mol. The van der Waals surface area contributed by atoms with Crippen LogP contribution >= 0.6 is 27.5 Å². The van der Waals surface area contributed by atoms with Gasteiger partial charge in [-0.2, -0.15) is 0 Å². The average molecular weight is 266 g/mol. The van der Waals surface area contributed by atoms with Crippen molar-refractivity contribution in [3.63, 3.8) is 0 Å². The number of alkyl halides is 2. The minimum atomic E-state index is 0.109. The number of fused-ring (bicyclic) bond motifs is 1. The number of hydrogen-bond donors (Lipinski definition) is 0. The second-order valence-corrected chi connectivity index (χ2v) is 5.96. The zero-order valence-electron chi connectivity index (χ0n) is 7.89. The molecule has 1 fully saturated rings. The van der Waals surface area contributed by atoms with Gasteiger partial charge in [0, 0.05) is 4.83 Å². The summed E-state index contributed by atoms with van der Waals surface area (Å²) < 4.78 is 5.58. The van der Waals surface area contributed by atoms with E-state index in [-0.39, 0.29) is 16.9 Å². The second-order valence-electron chi connectivity index (χ2n) is 4.41. The lowest BCUT2D eigenvalue weighted by Crippen LogP contribution is -2.44. The lowest BCUT2D eigenvalue weighted by molar-refractivity contribution is 0.0861. The highest BCUT2D eigenvalue weighted by Gasteiger charge is 2.46. The van der Waals surface area contributed by atoms with Gasteiger partial charge in [-0.1, -0.05) is 35.9 Å². The largest absolute Gasteiger partial charge is 0.370 e. The molecule has 0 bridgehead atoms. The number of rotatable bonds is 0. The first-order valence-corrected chi connectivity index (χ1v) is 5.98. The fraction of sp³-hybridized carbons (Fsp3) is 0.800. The van der Waals surface area contributed by atoms with Gasteiger partial charge >= 0.3 is 0 Å². The highest BCUT2D eigenvalue weighted by atomic mass is 79.9. The van der Waals surface area contributed by atoms with Crippen LogP contribution in [-0.4, -0.2) is 22.9 Å². The van der Waals surface area contributed by atoms with Crippen LogP contribution < -0.4 is 0 Å². The van der Waals surface area contributed by atoms with Crippen LogP contribution in [0.15, 0.2) is 11.6 Å². The van der Waals surface area contributed by atoms with Crippen molar-refractivity contribution in [2.24, 2.45) is 5.41 Å². The second kappa shape index (κ2) is 3.25. The Kier molecular flexibility index (Phi) is 2.50. The van der Waals surface area contributed by atoms with Crippen molar-refractivity contribution in [2.45, 2.75) is 36.6 Å². The van der Waals surface area contributed by atoms with E-state index in [0.717, 1.165) is 13.0 Å². The van der Waals surface area contributed by atoms with E-state index in [1.807, 2.05) is 0 Å². The predicted octanol–water partition coefficient (Wildman–Crippen LogP) is 3.11. The van der Waals surface area contributed by atoms with E-state index >= 15 is 0 Å². The van der Waals surface area contributed by atoms with Crippen LogP contribution in [0.1, 0.15) is 20.3 Å². The Hall–Kier alpha value is 0.470. The van der Waals surface area contributed by atoms with Crippen LogP contribution in [0.3, 0.4) is 0 Å². The number of halogens is 2. The maximum absolute atomic E-state index is 6.43. The first-order valence-electron chi connectivity index (χ1n) is 4.63. The molecule has 1 heterocycles. The Bertz CT molecular complexity index is 249. The van der Waals surface area contributed by atoms with E-state index in [2.05, 4.69) is 35.9 Å². The molecule has 1 aliphatic carbocycles. The molecule has 0 spiro atoms. The third kappa shape index (κ3) is 1.47. The Morgan fingerprint density at radius 1 is 1.62 bits per heavy atom. The van der Waals surface area contributed by atoms with Gasteiger partial charge in [-0.25, -0.2) is 0 Å². The molecule has 0 aromatic rings. The lowest BCUT2D eigenvalue weighted by Gasteiger charge is -2.42. The highest BCUT2D eigenvalue weighted by Crippen LogP contribution is 2.47. The number of hydrogen-bond acceptors (Lipinski definition) is 1. The van der Waals surface area contributed by atoms with Gasteiger partial charge in [0.25, 0.3) is 0 Å². The fourth-order valence-electron chi connectivity index (χ4n) is 2.04. The first kappa shape index (κ1) is 10.0. The van der Waals surface area contributed by atoms with Crippen LogP contribution in [-0.2, 0) is 4.74 Å². The van der Waals surface area contributed by atoms with Gasteiger partial charge < -0.3 is 4.74 Å². The minimum absolute atomic E-state index is 0.109. The summed E-state index contributed by atoms with van der Waals surface area (Å²) in [7, 11) is 0. The molecule has 2 rings (SSSR count). The zero-order chi connectivity index (χ0) is 9.64. The molecule has 3 heteroatoms. The molecule has 0 saturated heterocycles. The van der Waals surface area contributed by atoms with Gasteiger partial charge in [-0.05, 0) is 17.4 Å². The van der Waals surface area contributed by atoms with E-state index in [0.29, 0.717) is 4.83 Å². The van der Waals surface area contributed by atoms with Crippen molar-refractivity contribution in [3.05, 3.63) is 11.6 Å². The summed E-state index contributed by atoms with van der Waals surface area (Å²) in [6.45, 7) is 5.15. The van der Waals surface area contributed by atoms with Gasteiger partial charge in [0.15, 0.2) is 0 Å². The van der Waals surface area contributed by atoms with Crippen LogP contribution in [0.4, 0.5) is 0 Å². The minimum Gasteiger partial charge on any atom is -0.370 e. The zero-order valence-corrected chi connectivity index (χ0v) is 10.2. The molecule has 1 nitrogen and oxygen atoms in total. The molecule has 2 aliphatic rings. The maximum atomic E-state index is 6.43. The molecule has 3 atom stereocenters. The normalized spacial score (nSPS) is 42.8. The van der Waals surface area contributed by atoms with Crippen LogP contribution in [0.5, 0.6) is 0 Å². The van der Waals surface area contributed by atoms with Crippen LogP contribution in [0, 0.1) is 5.41 Å². The van der Waals surface area contributed by atoms with E-state index in [1.54, 1.807) is 0 Å². The SMILES string of the molecule is CC1(C)[C@@H](Br)CC2OCC=C2[C@@H]1Cl. The summed E-state index contributed by atoms with van der Waals surface area (Å²) in [5.41, 5.74) is 1.42. The van der Waals surface area contributed by atoms with Gasteiger partial charge in [0.1, 0.15) is 0 Å². The Balaban J connectivity index is 2.28. The summed E-state index contributed by atoms with van der Waals surface area (Å²) in [6.07, 6.45) is 3.45. The summed E-state index contributed by atoms with van der Waals surface area (Å²) in [4.78, 5) is 0.447. The summed E-state index contributed by atoms with van der Waals surface area (Å²) in [5, 5.41) is 0.109. The standard InChI is InChI=1S/C10H14BrClO/c1-10(2)8(11)5-7-6(9(10)12)3-4-13-7/h3,7-9H,4-5H2,1-2H3/t7?,8-,9-/m0/s1. The van der Waals surface area contributed by atoms with Crippen molar-refractivity contribution in [3.8, 4) is 0 Å². The first-order chi connectivity index (χ1) is 6.03. The molecule has 0 radical (unpaired) electrons. The Labute approximate surface area is 92.6 Å². The molecule has 0 aromatic carbocycles. The molecule has 1 aliphatic heterocycles. The average Bonchev–Trinajstić information content (AvgIpc) is 2.49. The molecule has 0 amide bonds. The summed E-state index contributed by atoms with van der Waals surface area (Å²) >= 11 is 10.1. The molecular weight excluding hydrogens is 251 g/mol. The van der Waals surface area contributed by atoms with Gasteiger partial charge in [0.05, 0.1) is 18.1 Å². The van der Waals surface area contributed by atoms with E-state index in [4.69, 9.17) is 16.3 Å². The van der Waals surface area contributed by atoms with Crippen LogP contribution in [0.25, 0.3) is 0 Å². The van der Waals surface area contributed by atoms with Crippen molar-refractivity contribution in [2.75, 3.05) is 6.61 Å². The molecular formula is C10H14BrClO. The van der Waals surface area contributed by atoms with Crippen molar-refractivity contribution < 1.29 is 4.74 Å². The molecule has 74 valence electrons. The fourth-order valence-corrected chi connectivity index (χ4v) is 3.18. The molecule has 0 aromatic heterocycles. The quantitative estimate of drug-likeness (QED) is 0.483. The third-order valence-electron chi connectivity index (χ3n) is 3.16. The monoisotopic (exact) mass is 264 g/mol. The maximum Gasteiger partial charge on any atom is 0.0815 e. The van der Waals surface area contributed by atoms with E-state index in [9.17, 15) is 0 Å². The van der Waals surface area contributed by atoms with Crippen LogP contribution in [0.2, 0.25) is 0 Å². The number of ether oxygens (including phenoxy) is 1. The van der Waals surface area contributed by atoms with E-state index < -0.39 is 0 Å². The molecule has 0 N–H and O–H groups in total. The van der Waals surface area contributed by atoms with Crippen molar-refractivity contribution in [1.29, 1.82) is 0 Å². The topological polar surface area (TPSA) is 9.23 Å². The molecule has 1 unspecified atom stereocenters. The van der Waals surface area contributed by atoms with Gasteiger partial charge in [-0.3, -0.25) is 0 Å². The lowest BCUT2D eigenvalue weighted by atomic mass is 9.73. The summed E-state index contributed by atoms with van der Waals surface area (Å²) in [6, 6.07) is 0. The summed E-state index contributed by atoms with van der Waals surface area (Å²) in [5.74, 6) is 0. The van der Waals surface area contributed by atoms with E-state index in [1.165, 1.54) is 5.57 Å². The smallest absolute Gasteiger partial charge is 0.0815 e. The molecule has 1 saturated carbocycles. The van der Waals surface area contributed by atoms with Crippen molar-refractivity contribution in [1.82, 2.24) is 0 Å². The van der Waals surface area contributed by atoms with Gasteiger partial charge in [-0.15, -0.1) is 11.6 Å². The van der Waals surface area contributed by atoms with Crippen molar-refractivity contribution >= 4 is 27.5 Å². The highest BCUT2D eigenvalue weighted by molar-refractivity contribution is 9.09. The Morgan fingerprint density at radius 3 is 3.00 bits per heavy atom.